The van der Waals surface area contributed by atoms with E-state index in [1.54, 1.807) is 0 Å². The van der Waals surface area contributed by atoms with Gasteiger partial charge in [-0.3, -0.25) is 0 Å². The topological polar surface area (TPSA) is 40.8 Å². The van der Waals surface area contributed by atoms with E-state index >= 15 is 0 Å². The lowest BCUT2D eigenvalue weighted by Crippen LogP contribution is -2.03. The largest absolute Gasteiger partial charge is 0.380 e. The maximum atomic E-state index is 9.06. The minimum Gasteiger partial charge on any atom is -0.380 e. The Labute approximate surface area is 128 Å². The fourth-order valence-corrected chi connectivity index (χ4v) is 3.19. The highest BCUT2D eigenvalue weighted by Crippen LogP contribution is 2.28. The molecule has 1 aromatic carbocycles. The zero-order valence-electron chi connectivity index (χ0n) is 12.2. The zero-order valence-corrected chi connectivity index (χ0v) is 13.8. The second-order valence-corrected chi connectivity index (χ2v) is 5.96. The van der Waals surface area contributed by atoms with Crippen molar-refractivity contribution >= 4 is 21.6 Å². The summed E-state index contributed by atoms with van der Waals surface area (Å²) in [6, 6.07) is 8.42. The van der Waals surface area contributed by atoms with E-state index in [2.05, 4.69) is 53.3 Å². The molecule has 104 valence electrons. The highest BCUT2D eigenvalue weighted by atomic mass is 79.9. The first-order valence-corrected chi connectivity index (χ1v) is 7.29. The molecule has 0 spiro atoms. The van der Waals surface area contributed by atoms with Crippen LogP contribution in [0.3, 0.4) is 0 Å². The first-order chi connectivity index (χ1) is 9.43. The number of aryl methyl sites for hydroxylation is 2. The molecule has 0 amide bonds. The molecule has 0 aliphatic carbocycles. The summed E-state index contributed by atoms with van der Waals surface area (Å²) in [5.74, 6) is 0. The van der Waals surface area contributed by atoms with Crippen LogP contribution in [0.2, 0.25) is 0 Å². The molecule has 0 atom stereocenters. The second-order valence-electron chi connectivity index (χ2n) is 5.10. The van der Waals surface area contributed by atoms with Crippen molar-refractivity contribution in [2.24, 2.45) is 7.05 Å². The molecule has 0 radical (unpaired) electrons. The first kappa shape index (κ1) is 14.7. The van der Waals surface area contributed by atoms with Crippen molar-refractivity contribution in [3.63, 3.8) is 0 Å². The third kappa shape index (κ3) is 2.73. The second kappa shape index (κ2) is 5.72. The Morgan fingerprint density at radius 2 is 1.95 bits per heavy atom. The molecule has 0 fully saturated rings. The summed E-state index contributed by atoms with van der Waals surface area (Å²) in [6.45, 7) is 6.93. The highest BCUT2D eigenvalue weighted by molar-refractivity contribution is 9.10. The molecule has 20 heavy (non-hydrogen) atoms. The van der Waals surface area contributed by atoms with Gasteiger partial charge in [0, 0.05) is 23.8 Å². The van der Waals surface area contributed by atoms with Crippen LogP contribution in [-0.2, 0) is 13.6 Å². The molecule has 0 bridgehead atoms. The fraction of sp³-hybridized carbons (Fsp3) is 0.312. The number of nitrogens with one attached hydrogen (secondary N) is 1. The summed E-state index contributed by atoms with van der Waals surface area (Å²) in [5, 5.41) is 12.5. The molecule has 2 rings (SSSR count). The van der Waals surface area contributed by atoms with Gasteiger partial charge in [0.05, 0.1) is 5.69 Å². The van der Waals surface area contributed by atoms with Crippen molar-refractivity contribution in [1.29, 1.82) is 5.26 Å². The number of aromatic nitrogens is 1. The van der Waals surface area contributed by atoms with E-state index in [-0.39, 0.29) is 0 Å². The lowest BCUT2D eigenvalue weighted by Gasteiger charge is -2.13. The predicted molar refractivity (Wildman–Crippen MR) is 85.8 cm³/mol. The molecule has 0 unspecified atom stereocenters. The molecule has 1 aromatic heterocycles. The van der Waals surface area contributed by atoms with E-state index in [1.807, 2.05) is 24.6 Å². The standard InChI is InChI=1S/C16H18BrN3/c1-10-5-11(2)16(15(17)6-10)19-9-13-7-14(8-18)20(4)12(13)3/h5-7,19H,9H2,1-4H3. The van der Waals surface area contributed by atoms with Crippen LogP contribution in [-0.4, -0.2) is 4.57 Å². The predicted octanol–water partition coefficient (Wildman–Crippen LogP) is 4.20. The van der Waals surface area contributed by atoms with Gasteiger partial charge in [-0.25, -0.2) is 0 Å². The summed E-state index contributed by atoms with van der Waals surface area (Å²) < 4.78 is 3.00. The van der Waals surface area contributed by atoms with Crippen molar-refractivity contribution in [3.05, 3.63) is 50.8 Å². The van der Waals surface area contributed by atoms with Crippen LogP contribution in [0.25, 0.3) is 0 Å². The van der Waals surface area contributed by atoms with Gasteiger partial charge in [-0.2, -0.15) is 5.26 Å². The molecular formula is C16H18BrN3. The Morgan fingerprint density at radius 3 is 2.50 bits per heavy atom. The number of benzene rings is 1. The average Bonchev–Trinajstić information content (AvgIpc) is 2.65. The van der Waals surface area contributed by atoms with Crippen molar-refractivity contribution < 1.29 is 0 Å². The van der Waals surface area contributed by atoms with Crippen LogP contribution < -0.4 is 5.32 Å². The quantitative estimate of drug-likeness (QED) is 0.915. The van der Waals surface area contributed by atoms with Gasteiger partial charge in [0.15, 0.2) is 0 Å². The summed E-state index contributed by atoms with van der Waals surface area (Å²) in [7, 11) is 1.92. The molecule has 0 aliphatic heterocycles. The molecule has 4 heteroatoms. The Morgan fingerprint density at radius 1 is 1.25 bits per heavy atom. The van der Waals surface area contributed by atoms with Gasteiger partial charge in [-0.05, 0) is 65.5 Å². The molecule has 3 nitrogen and oxygen atoms in total. The number of nitrogens with zero attached hydrogens (tertiary/aromatic N) is 2. The van der Waals surface area contributed by atoms with E-state index < -0.39 is 0 Å². The molecule has 1 N–H and O–H groups in total. The van der Waals surface area contributed by atoms with Crippen LogP contribution in [0.1, 0.15) is 28.1 Å². The summed E-state index contributed by atoms with van der Waals surface area (Å²) >= 11 is 3.60. The first-order valence-electron chi connectivity index (χ1n) is 6.50. The van der Waals surface area contributed by atoms with Gasteiger partial charge in [-0.1, -0.05) is 6.07 Å². The number of halogens is 1. The molecule has 0 aliphatic rings. The number of rotatable bonds is 3. The van der Waals surface area contributed by atoms with Crippen molar-refractivity contribution in [1.82, 2.24) is 4.57 Å². The lowest BCUT2D eigenvalue weighted by atomic mass is 10.1. The van der Waals surface area contributed by atoms with Gasteiger partial charge in [0.1, 0.15) is 11.8 Å². The molecular weight excluding hydrogens is 314 g/mol. The lowest BCUT2D eigenvalue weighted by molar-refractivity contribution is 0.856. The molecule has 1 heterocycles. The van der Waals surface area contributed by atoms with Gasteiger partial charge in [0.25, 0.3) is 0 Å². The number of hydrogen-bond acceptors (Lipinski definition) is 2. The third-order valence-electron chi connectivity index (χ3n) is 3.64. The Hall–Kier alpha value is -1.73. The average molecular weight is 332 g/mol. The van der Waals surface area contributed by atoms with Gasteiger partial charge < -0.3 is 9.88 Å². The molecule has 0 saturated carbocycles. The van der Waals surface area contributed by atoms with E-state index in [1.165, 1.54) is 11.1 Å². The zero-order chi connectivity index (χ0) is 14.9. The van der Waals surface area contributed by atoms with Gasteiger partial charge >= 0.3 is 0 Å². The summed E-state index contributed by atoms with van der Waals surface area (Å²) in [6.07, 6.45) is 0. The van der Waals surface area contributed by atoms with E-state index in [0.29, 0.717) is 12.2 Å². The van der Waals surface area contributed by atoms with Crippen LogP contribution in [0.4, 0.5) is 5.69 Å². The van der Waals surface area contributed by atoms with Crippen LogP contribution in [0.15, 0.2) is 22.7 Å². The van der Waals surface area contributed by atoms with Crippen LogP contribution >= 0.6 is 15.9 Å². The minimum atomic E-state index is 0.694. The highest BCUT2D eigenvalue weighted by Gasteiger charge is 2.10. The summed E-state index contributed by atoms with van der Waals surface area (Å²) in [4.78, 5) is 0. The molecule has 0 saturated heterocycles. The van der Waals surface area contributed by atoms with E-state index in [0.717, 1.165) is 21.4 Å². The normalized spacial score (nSPS) is 10.4. The van der Waals surface area contributed by atoms with Crippen molar-refractivity contribution in [2.75, 3.05) is 5.32 Å². The minimum absolute atomic E-state index is 0.694. The monoisotopic (exact) mass is 331 g/mol. The Bertz CT molecular complexity index is 669. The Kier molecular flexibility index (Phi) is 4.20. The maximum Gasteiger partial charge on any atom is 0.120 e. The summed E-state index contributed by atoms with van der Waals surface area (Å²) in [5.41, 5.74) is 6.52. The number of anilines is 1. The molecule has 2 aromatic rings. The number of hydrogen-bond donors (Lipinski definition) is 1. The van der Waals surface area contributed by atoms with Crippen LogP contribution in [0, 0.1) is 32.1 Å². The van der Waals surface area contributed by atoms with Crippen molar-refractivity contribution in [2.45, 2.75) is 27.3 Å². The SMILES string of the molecule is Cc1cc(C)c(NCc2cc(C#N)n(C)c2C)c(Br)c1. The fourth-order valence-electron chi connectivity index (χ4n) is 2.37. The van der Waals surface area contributed by atoms with Gasteiger partial charge in [-0.15, -0.1) is 0 Å². The Balaban J connectivity index is 2.24. The third-order valence-corrected chi connectivity index (χ3v) is 4.27. The van der Waals surface area contributed by atoms with Crippen LogP contribution in [0.5, 0.6) is 0 Å². The number of nitriles is 1. The van der Waals surface area contributed by atoms with Gasteiger partial charge in [0.2, 0.25) is 0 Å². The van der Waals surface area contributed by atoms with E-state index in [4.69, 9.17) is 5.26 Å². The smallest absolute Gasteiger partial charge is 0.120 e. The van der Waals surface area contributed by atoms with E-state index in [9.17, 15) is 0 Å². The van der Waals surface area contributed by atoms with Crippen molar-refractivity contribution in [3.8, 4) is 6.07 Å². The maximum absolute atomic E-state index is 9.06.